The van der Waals surface area contributed by atoms with Gasteiger partial charge in [-0.15, -0.1) is 0 Å². The topological polar surface area (TPSA) is 66.0 Å². The van der Waals surface area contributed by atoms with Crippen LogP contribution < -0.4 is 4.74 Å². The van der Waals surface area contributed by atoms with Gasteiger partial charge in [0.15, 0.2) is 0 Å². The molecule has 26 heavy (non-hydrogen) atoms. The van der Waals surface area contributed by atoms with Gasteiger partial charge in [0.05, 0.1) is 19.2 Å². The van der Waals surface area contributed by atoms with E-state index in [1.54, 1.807) is 13.3 Å². The SMILES string of the molecule is COc1cccc(Cc2nc(-c3cccc(-c4ccnn4C)c3)no2)c1. The maximum atomic E-state index is 5.43. The monoisotopic (exact) mass is 346 g/mol. The van der Waals surface area contributed by atoms with E-state index in [-0.39, 0.29) is 0 Å². The molecule has 0 N–H and O–H groups in total. The normalized spacial score (nSPS) is 10.8. The van der Waals surface area contributed by atoms with Crippen LogP contribution in [0.3, 0.4) is 0 Å². The van der Waals surface area contributed by atoms with Crippen LogP contribution in [0.25, 0.3) is 22.6 Å². The fraction of sp³-hybridized carbons (Fsp3) is 0.150. The summed E-state index contributed by atoms with van der Waals surface area (Å²) in [5.41, 5.74) is 4.06. The molecule has 2 heterocycles. The third-order valence-electron chi connectivity index (χ3n) is 4.20. The van der Waals surface area contributed by atoms with Crippen LogP contribution in [0.1, 0.15) is 11.5 Å². The van der Waals surface area contributed by atoms with Gasteiger partial charge < -0.3 is 9.26 Å². The van der Waals surface area contributed by atoms with E-state index in [1.165, 1.54) is 0 Å². The number of nitrogens with zero attached hydrogens (tertiary/aromatic N) is 4. The number of rotatable bonds is 5. The molecule has 0 saturated heterocycles. The second-order valence-electron chi connectivity index (χ2n) is 5.96. The highest BCUT2D eigenvalue weighted by Gasteiger charge is 2.11. The molecule has 0 atom stereocenters. The molecule has 0 amide bonds. The van der Waals surface area contributed by atoms with Crippen molar-refractivity contribution in [1.29, 1.82) is 0 Å². The molecule has 2 aromatic heterocycles. The van der Waals surface area contributed by atoms with Crippen LogP contribution in [0.2, 0.25) is 0 Å². The summed E-state index contributed by atoms with van der Waals surface area (Å²) in [5, 5.41) is 8.35. The van der Waals surface area contributed by atoms with Crippen LogP contribution in [-0.4, -0.2) is 27.0 Å². The van der Waals surface area contributed by atoms with Crippen molar-refractivity contribution in [2.45, 2.75) is 6.42 Å². The summed E-state index contributed by atoms with van der Waals surface area (Å²) in [6, 6.07) is 17.8. The molecule has 6 nitrogen and oxygen atoms in total. The number of ether oxygens (including phenoxy) is 1. The van der Waals surface area contributed by atoms with Crippen LogP contribution >= 0.6 is 0 Å². The molecule has 0 bridgehead atoms. The van der Waals surface area contributed by atoms with E-state index in [2.05, 4.69) is 15.2 Å². The fourth-order valence-electron chi connectivity index (χ4n) is 2.88. The maximum Gasteiger partial charge on any atom is 0.231 e. The zero-order valence-electron chi connectivity index (χ0n) is 14.6. The molecule has 0 radical (unpaired) electrons. The van der Waals surface area contributed by atoms with Crippen LogP contribution in [0.15, 0.2) is 65.3 Å². The average Bonchev–Trinajstić information content (AvgIpc) is 3.31. The number of benzene rings is 2. The number of aromatic nitrogens is 4. The van der Waals surface area contributed by atoms with Crippen LogP contribution in [0.4, 0.5) is 0 Å². The summed E-state index contributed by atoms with van der Waals surface area (Å²) in [6.07, 6.45) is 2.34. The molecule has 0 aliphatic rings. The smallest absolute Gasteiger partial charge is 0.231 e. The van der Waals surface area contributed by atoms with E-state index in [0.717, 1.165) is 28.1 Å². The number of aryl methyl sites for hydroxylation is 1. The van der Waals surface area contributed by atoms with Crippen molar-refractivity contribution in [2.24, 2.45) is 7.05 Å². The van der Waals surface area contributed by atoms with E-state index < -0.39 is 0 Å². The van der Waals surface area contributed by atoms with E-state index in [9.17, 15) is 0 Å². The standard InChI is InChI=1S/C20H18N4O2/c1-24-18(9-10-21-24)15-6-4-7-16(13-15)20-22-19(26-23-20)12-14-5-3-8-17(11-14)25-2/h3-11,13H,12H2,1-2H3. The van der Waals surface area contributed by atoms with Crippen molar-refractivity contribution in [3.63, 3.8) is 0 Å². The van der Waals surface area contributed by atoms with Gasteiger partial charge in [0.2, 0.25) is 11.7 Å². The van der Waals surface area contributed by atoms with Crippen LogP contribution in [0, 0.1) is 0 Å². The Hall–Kier alpha value is -3.41. The molecule has 130 valence electrons. The average molecular weight is 346 g/mol. The highest BCUT2D eigenvalue weighted by Crippen LogP contribution is 2.25. The van der Waals surface area contributed by atoms with Gasteiger partial charge in [-0.05, 0) is 29.8 Å². The number of hydrogen-bond donors (Lipinski definition) is 0. The maximum absolute atomic E-state index is 5.43. The van der Waals surface area contributed by atoms with Crippen LogP contribution in [-0.2, 0) is 13.5 Å². The Labute approximate surface area is 151 Å². The highest BCUT2D eigenvalue weighted by molar-refractivity contribution is 5.67. The first-order valence-corrected chi connectivity index (χ1v) is 8.27. The molecule has 0 fully saturated rings. The van der Waals surface area contributed by atoms with E-state index in [4.69, 9.17) is 9.26 Å². The Morgan fingerprint density at radius 3 is 2.69 bits per heavy atom. The van der Waals surface area contributed by atoms with E-state index in [0.29, 0.717) is 18.1 Å². The lowest BCUT2D eigenvalue weighted by atomic mass is 10.1. The van der Waals surface area contributed by atoms with Crippen molar-refractivity contribution < 1.29 is 9.26 Å². The lowest BCUT2D eigenvalue weighted by Gasteiger charge is -2.03. The third kappa shape index (κ3) is 3.21. The predicted octanol–water partition coefficient (Wildman–Crippen LogP) is 3.74. The van der Waals surface area contributed by atoms with Crippen molar-refractivity contribution >= 4 is 0 Å². The van der Waals surface area contributed by atoms with Gasteiger partial charge in [0.25, 0.3) is 0 Å². The molecule has 0 aliphatic carbocycles. The molecule has 0 unspecified atom stereocenters. The van der Waals surface area contributed by atoms with Gasteiger partial charge in [-0.1, -0.05) is 35.5 Å². The first-order chi connectivity index (χ1) is 12.7. The van der Waals surface area contributed by atoms with Gasteiger partial charge >= 0.3 is 0 Å². The Morgan fingerprint density at radius 1 is 1.04 bits per heavy atom. The lowest BCUT2D eigenvalue weighted by molar-refractivity contribution is 0.385. The first-order valence-electron chi connectivity index (χ1n) is 8.27. The summed E-state index contributed by atoms with van der Waals surface area (Å²) in [6.45, 7) is 0. The number of hydrogen-bond acceptors (Lipinski definition) is 5. The van der Waals surface area contributed by atoms with Gasteiger partial charge in [-0.25, -0.2) is 0 Å². The Morgan fingerprint density at radius 2 is 1.88 bits per heavy atom. The summed E-state index contributed by atoms with van der Waals surface area (Å²) in [4.78, 5) is 4.54. The first kappa shape index (κ1) is 16.1. The largest absolute Gasteiger partial charge is 0.497 e. The Balaban J connectivity index is 1.59. The summed E-state index contributed by atoms with van der Waals surface area (Å²) < 4.78 is 12.5. The Kier molecular flexibility index (Phi) is 4.23. The molecule has 0 spiro atoms. The summed E-state index contributed by atoms with van der Waals surface area (Å²) in [5.74, 6) is 1.96. The minimum atomic E-state index is 0.561. The van der Waals surface area contributed by atoms with Gasteiger partial charge in [-0.2, -0.15) is 10.1 Å². The molecule has 4 aromatic rings. The van der Waals surface area contributed by atoms with E-state index >= 15 is 0 Å². The van der Waals surface area contributed by atoms with Crippen molar-refractivity contribution in [3.05, 3.63) is 72.2 Å². The predicted molar refractivity (Wildman–Crippen MR) is 97.7 cm³/mol. The number of methoxy groups -OCH3 is 1. The Bertz CT molecular complexity index is 1040. The molecule has 6 heteroatoms. The van der Waals surface area contributed by atoms with Crippen molar-refractivity contribution in [2.75, 3.05) is 7.11 Å². The highest BCUT2D eigenvalue weighted by atomic mass is 16.5. The second kappa shape index (κ2) is 6.84. The lowest BCUT2D eigenvalue weighted by Crippen LogP contribution is -1.93. The van der Waals surface area contributed by atoms with Gasteiger partial charge in [0.1, 0.15) is 5.75 Å². The molecule has 4 rings (SSSR count). The quantitative estimate of drug-likeness (QED) is 0.551. The van der Waals surface area contributed by atoms with Crippen molar-refractivity contribution in [3.8, 4) is 28.4 Å². The van der Waals surface area contributed by atoms with Gasteiger partial charge in [0, 0.05) is 24.4 Å². The molecule has 0 saturated carbocycles. The summed E-state index contributed by atoms with van der Waals surface area (Å²) in [7, 11) is 3.57. The third-order valence-corrected chi connectivity index (χ3v) is 4.20. The van der Waals surface area contributed by atoms with Crippen molar-refractivity contribution in [1.82, 2.24) is 19.9 Å². The summed E-state index contributed by atoms with van der Waals surface area (Å²) >= 11 is 0. The van der Waals surface area contributed by atoms with Crippen LogP contribution in [0.5, 0.6) is 5.75 Å². The molecule has 0 aliphatic heterocycles. The zero-order chi connectivity index (χ0) is 17.9. The minimum absolute atomic E-state index is 0.561. The fourth-order valence-corrected chi connectivity index (χ4v) is 2.88. The second-order valence-corrected chi connectivity index (χ2v) is 5.96. The van der Waals surface area contributed by atoms with Gasteiger partial charge in [-0.3, -0.25) is 4.68 Å². The van der Waals surface area contributed by atoms with E-state index in [1.807, 2.05) is 66.3 Å². The minimum Gasteiger partial charge on any atom is -0.497 e. The zero-order valence-corrected chi connectivity index (χ0v) is 14.6. The molecular formula is C20H18N4O2. The molecule has 2 aromatic carbocycles. The molecular weight excluding hydrogens is 328 g/mol.